The average molecular weight is 190 g/mol. The number of hydrogen-bond acceptors (Lipinski definition) is 4. The lowest BCUT2D eigenvalue weighted by molar-refractivity contribution is 0.586. The van der Waals surface area contributed by atoms with E-state index in [1.54, 1.807) is 6.07 Å². The Kier molecular flexibility index (Phi) is 2.62. The van der Waals surface area contributed by atoms with Crippen LogP contribution in [-0.4, -0.2) is 9.97 Å². The van der Waals surface area contributed by atoms with Crippen LogP contribution in [0.3, 0.4) is 0 Å². The van der Waals surface area contributed by atoms with Crippen LogP contribution < -0.4 is 11.0 Å². The molecule has 0 saturated carbocycles. The highest BCUT2D eigenvalue weighted by Gasteiger charge is 2.11. The van der Waals surface area contributed by atoms with E-state index in [2.05, 4.69) is 9.97 Å². The van der Waals surface area contributed by atoms with Crippen molar-refractivity contribution in [3.63, 3.8) is 0 Å². The highest BCUT2D eigenvalue weighted by molar-refractivity contribution is 8.56. The SMILES string of the molecule is NP(N)(=O)Sc1ncccn1. The summed E-state index contributed by atoms with van der Waals surface area (Å²) in [4.78, 5) is 7.57. The molecule has 1 aromatic heterocycles. The van der Waals surface area contributed by atoms with Crippen LogP contribution in [0.5, 0.6) is 0 Å². The molecule has 0 atom stereocenters. The molecule has 0 fully saturated rings. The second-order valence-electron chi connectivity index (χ2n) is 1.77. The van der Waals surface area contributed by atoms with Gasteiger partial charge >= 0.3 is 0 Å². The van der Waals surface area contributed by atoms with Crippen LogP contribution in [0, 0.1) is 0 Å². The van der Waals surface area contributed by atoms with Crippen LogP contribution in [0.1, 0.15) is 0 Å². The first-order valence-corrected chi connectivity index (χ1v) is 5.98. The van der Waals surface area contributed by atoms with Gasteiger partial charge in [0, 0.05) is 23.8 Å². The maximum Gasteiger partial charge on any atom is 0.268 e. The van der Waals surface area contributed by atoms with Gasteiger partial charge in [-0.1, -0.05) is 0 Å². The van der Waals surface area contributed by atoms with Crippen LogP contribution >= 0.6 is 18.0 Å². The summed E-state index contributed by atoms with van der Waals surface area (Å²) in [5.41, 5.74) is 10.2. The van der Waals surface area contributed by atoms with Crippen LogP contribution in [0.15, 0.2) is 23.6 Å². The van der Waals surface area contributed by atoms with Gasteiger partial charge in [-0.15, -0.1) is 0 Å². The average Bonchev–Trinajstić information content (AvgIpc) is 1.85. The third-order valence-electron chi connectivity index (χ3n) is 0.766. The van der Waals surface area contributed by atoms with Gasteiger partial charge in [-0.2, -0.15) is 0 Å². The van der Waals surface area contributed by atoms with Gasteiger partial charge in [0.25, 0.3) is 6.65 Å². The van der Waals surface area contributed by atoms with Gasteiger partial charge in [-0.05, 0) is 6.07 Å². The van der Waals surface area contributed by atoms with Crippen molar-refractivity contribution in [1.29, 1.82) is 0 Å². The molecule has 1 aromatic rings. The molecule has 0 radical (unpaired) electrons. The highest BCUT2D eigenvalue weighted by Crippen LogP contribution is 2.46. The molecule has 0 aliphatic carbocycles. The van der Waals surface area contributed by atoms with Crippen LogP contribution in [0.25, 0.3) is 0 Å². The van der Waals surface area contributed by atoms with E-state index < -0.39 is 6.65 Å². The van der Waals surface area contributed by atoms with Crippen molar-refractivity contribution in [3.8, 4) is 0 Å². The fourth-order valence-electron chi connectivity index (χ4n) is 0.460. The summed E-state index contributed by atoms with van der Waals surface area (Å²) in [6, 6.07) is 1.65. The summed E-state index contributed by atoms with van der Waals surface area (Å²) in [5.74, 6) is 0. The van der Waals surface area contributed by atoms with Gasteiger partial charge in [0.1, 0.15) is 0 Å². The number of nitrogens with two attached hydrogens (primary N) is 2. The van der Waals surface area contributed by atoms with Gasteiger partial charge in [0.2, 0.25) is 0 Å². The van der Waals surface area contributed by atoms with E-state index in [0.29, 0.717) is 5.16 Å². The lowest BCUT2D eigenvalue weighted by Crippen LogP contribution is -2.00. The van der Waals surface area contributed by atoms with E-state index >= 15 is 0 Å². The van der Waals surface area contributed by atoms with E-state index in [4.69, 9.17) is 11.0 Å². The molecule has 1 heterocycles. The quantitative estimate of drug-likeness (QED) is 0.523. The minimum Gasteiger partial charge on any atom is -0.277 e. The molecule has 0 saturated heterocycles. The molecule has 7 heteroatoms. The van der Waals surface area contributed by atoms with Crippen LogP contribution in [0.4, 0.5) is 0 Å². The predicted octanol–water partition coefficient (Wildman–Crippen LogP) is 0.594. The Morgan fingerprint density at radius 2 is 1.91 bits per heavy atom. The van der Waals surface area contributed by atoms with E-state index in [9.17, 15) is 4.57 Å². The number of nitrogens with zero attached hydrogens (tertiary/aromatic N) is 2. The molecule has 60 valence electrons. The van der Waals surface area contributed by atoms with Gasteiger partial charge in [-0.25, -0.2) is 9.97 Å². The molecule has 0 spiro atoms. The lowest BCUT2D eigenvalue weighted by Gasteiger charge is -2.01. The third kappa shape index (κ3) is 3.48. The standard InChI is InChI=1S/C4H7N4OPS/c5-10(6,9)11-4-7-2-1-3-8-4/h1-3H,(H4,5,6,9). The first-order chi connectivity index (χ1) is 5.08. The zero-order valence-electron chi connectivity index (χ0n) is 5.54. The molecular formula is C4H7N4OPS. The Morgan fingerprint density at radius 3 is 2.36 bits per heavy atom. The Bertz CT molecular complexity index is 273. The maximum atomic E-state index is 10.8. The summed E-state index contributed by atoms with van der Waals surface area (Å²) < 4.78 is 10.8. The zero-order chi connectivity index (χ0) is 8.32. The number of aromatic nitrogens is 2. The molecule has 0 amide bonds. The van der Waals surface area contributed by atoms with Gasteiger partial charge in [0.15, 0.2) is 5.16 Å². The van der Waals surface area contributed by atoms with Crippen molar-refractivity contribution in [2.24, 2.45) is 11.0 Å². The third-order valence-corrected chi connectivity index (χ3v) is 2.77. The monoisotopic (exact) mass is 190 g/mol. The molecule has 5 nitrogen and oxygen atoms in total. The Balaban J connectivity index is 2.74. The van der Waals surface area contributed by atoms with E-state index in [1.807, 2.05) is 0 Å². The van der Waals surface area contributed by atoms with Gasteiger partial charge in [-0.3, -0.25) is 15.6 Å². The molecule has 0 aliphatic heterocycles. The van der Waals surface area contributed by atoms with E-state index in [-0.39, 0.29) is 0 Å². The largest absolute Gasteiger partial charge is 0.277 e. The van der Waals surface area contributed by atoms with Crippen LogP contribution in [0.2, 0.25) is 0 Å². The smallest absolute Gasteiger partial charge is 0.268 e. The Hall–Kier alpha value is -0.420. The van der Waals surface area contributed by atoms with Crippen molar-refractivity contribution in [2.75, 3.05) is 0 Å². The van der Waals surface area contributed by atoms with E-state index in [1.165, 1.54) is 12.4 Å². The molecule has 0 aliphatic rings. The molecule has 0 aromatic carbocycles. The van der Waals surface area contributed by atoms with Crippen molar-refractivity contribution in [2.45, 2.75) is 5.16 Å². The second kappa shape index (κ2) is 3.32. The minimum atomic E-state index is -3.10. The molecular weight excluding hydrogens is 183 g/mol. The molecule has 1 rings (SSSR count). The summed E-state index contributed by atoms with van der Waals surface area (Å²) in [7, 11) is 0. The second-order valence-corrected chi connectivity index (χ2v) is 5.87. The Labute approximate surface area is 67.8 Å². The summed E-state index contributed by atoms with van der Waals surface area (Å²) in [5, 5.41) is 0.334. The van der Waals surface area contributed by atoms with Crippen molar-refractivity contribution >= 4 is 18.0 Å². The lowest BCUT2D eigenvalue weighted by atomic mass is 10.7. The van der Waals surface area contributed by atoms with Crippen molar-refractivity contribution in [1.82, 2.24) is 9.97 Å². The predicted molar refractivity (Wildman–Crippen MR) is 43.9 cm³/mol. The van der Waals surface area contributed by atoms with Crippen LogP contribution in [-0.2, 0) is 4.57 Å². The summed E-state index contributed by atoms with van der Waals surface area (Å²) in [6.07, 6.45) is 3.07. The first-order valence-electron chi connectivity index (χ1n) is 2.72. The first kappa shape index (κ1) is 8.67. The van der Waals surface area contributed by atoms with Gasteiger partial charge < -0.3 is 0 Å². The van der Waals surface area contributed by atoms with Gasteiger partial charge in [0.05, 0.1) is 0 Å². The van der Waals surface area contributed by atoms with E-state index in [0.717, 1.165) is 11.4 Å². The molecule has 4 N–H and O–H groups in total. The fourth-order valence-corrected chi connectivity index (χ4v) is 1.98. The Morgan fingerprint density at radius 1 is 1.36 bits per heavy atom. The highest BCUT2D eigenvalue weighted by atomic mass is 32.7. The summed E-state index contributed by atoms with van der Waals surface area (Å²) >= 11 is 0.790. The topological polar surface area (TPSA) is 94.9 Å². The fraction of sp³-hybridized carbons (Fsp3) is 0. The number of hydrogen-bond donors (Lipinski definition) is 2. The minimum absolute atomic E-state index is 0.334. The zero-order valence-corrected chi connectivity index (χ0v) is 7.26. The molecule has 11 heavy (non-hydrogen) atoms. The number of rotatable bonds is 2. The van der Waals surface area contributed by atoms with Crippen molar-refractivity contribution in [3.05, 3.63) is 18.5 Å². The summed E-state index contributed by atoms with van der Waals surface area (Å²) in [6.45, 7) is -3.10. The molecule has 0 bridgehead atoms. The van der Waals surface area contributed by atoms with Crippen molar-refractivity contribution < 1.29 is 4.57 Å². The molecule has 0 unspecified atom stereocenters. The maximum absolute atomic E-state index is 10.8. The normalized spacial score (nSPS) is 11.5.